The molecule has 3 aromatic rings. The van der Waals surface area contributed by atoms with Crippen LogP contribution in [0.3, 0.4) is 0 Å². The molecule has 0 amide bonds. The van der Waals surface area contributed by atoms with Crippen LogP contribution in [0.1, 0.15) is 22.8 Å². The minimum Gasteiger partial charge on any atom is -0.361 e. The van der Waals surface area contributed by atoms with Gasteiger partial charge < -0.3 is 9.09 Å². The molecular formula is C14H14ClN3O. The summed E-state index contributed by atoms with van der Waals surface area (Å²) in [6.45, 7) is 4.58. The van der Waals surface area contributed by atoms with Crippen LogP contribution in [0.5, 0.6) is 0 Å². The Kier molecular flexibility index (Phi) is 3.03. The standard InChI is InChI=1S/C14H14ClN3O/c1-9-3-4-12-13(5-9)18(14(7-15)16-12)8-11-6-10(2)19-17-11/h3-6H,7-8H2,1-2H3. The van der Waals surface area contributed by atoms with Gasteiger partial charge in [-0.1, -0.05) is 11.2 Å². The number of aryl methyl sites for hydroxylation is 2. The third-order valence-corrected chi connectivity index (χ3v) is 3.34. The molecular weight excluding hydrogens is 262 g/mol. The topological polar surface area (TPSA) is 43.9 Å². The largest absolute Gasteiger partial charge is 0.361 e. The normalized spacial score (nSPS) is 11.3. The van der Waals surface area contributed by atoms with Gasteiger partial charge in [-0.2, -0.15) is 0 Å². The molecule has 0 fully saturated rings. The van der Waals surface area contributed by atoms with Crippen molar-refractivity contribution in [1.29, 1.82) is 0 Å². The Bertz CT molecular complexity index is 729. The van der Waals surface area contributed by atoms with E-state index in [4.69, 9.17) is 16.1 Å². The van der Waals surface area contributed by atoms with Crippen molar-refractivity contribution < 1.29 is 4.52 Å². The quantitative estimate of drug-likeness (QED) is 0.688. The molecule has 0 unspecified atom stereocenters. The van der Waals surface area contributed by atoms with Gasteiger partial charge in [-0.3, -0.25) is 0 Å². The molecule has 1 aromatic carbocycles. The van der Waals surface area contributed by atoms with Crippen molar-refractivity contribution in [3.63, 3.8) is 0 Å². The molecule has 0 aliphatic rings. The van der Waals surface area contributed by atoms with Crippen LogP contribution in [0.2, 0.25) is 0 Å². The summed E-state index contributed by atoms with van der Waals surface area (Å²) in [4.78, 5) is 4.55. The van der Waals surface area contributed by atoms with E-state index in [0.717, 1.165) is 28.3 Å². The zero-order valence-corrected chi connectivity index (χ0v) is 11.6. The Hall–Kier alpha value is -1.81. The summed E-state index contributed by atoms with van der Waals surface area (Å²) in [5, 5.41) is 4.03. The molecule has 0 radical (unpaired) electrons. The number of halogens is 1. The summed E-state index contributed by atoms with van der Waals surface area (Å²) < 4.78 is 7.20. The second-order valence-corrected chi connectivity index (χ2v) is 4.94. The van der Waals surface area contributed by atoms with Crippen LogP contribution in [0, 0.1) is 13.8 Å². The Morgan fingerprint density at radius 1 is 1.26 bits per heavy atom. The number of benzene rings is 1. The number of hydrogen-bond donors (Lipinski definition) is 0. The maximum absolute atomic E-state index is 5.99. The molecule has 3 rings (SSSR count). The fourth-order valence-electron chi connectivity index (χ4n) is 2.22. The molecule has 5 heteroatoms. The summed E-state index contributed by atoms with van der Waals surface area (Å²) in [6.07, 6.45) is 0. The monoisotopic (exact) mass is 275 g/mol. The Balaban J connectivity index is 2.12. The van der Waals surface area contributed by atoms with Crippen LogP contribution in [-0.4, -0.2) is 14.7 Å². The van der Waals surface area contributed by atoms with Gasteiger partial charge in [0, 0.05) is 6.07 Å². The summed E-state index contributed by atoms with van der Waals surface area (Å²) in [5.41, 5.74) is 4.12. The number of imidazole rings is 1. The van der Waals surface area contributed by atoms with Crippen molar-refractivity contribution in [2.45, 2.75) is 26.3 Å². The highest BCUT2D eigenvalue weighted by Crippen LogP contribution is 2.20. The van der Waals surface area contributed by atoms with E-state index in [1.54, 1.807) is 0 Å². The average molecular weight is 276 g/mol. The SMILES string of the molecule is Cc1ccc2nc(CCl)n(Cc3cc(C)on3)c2c1. The van der Waals surface area contributed by atoms with E-state index >= 15 is 0 Å². The number of aromatic nitrogens is 3. The zero-order valence-electron chi connectivity index (χ0n) is 10.9. The lowest BCUT2D eigenvalue weighted by Gasteiger charge is -2.05. The van der Waals surface area contributed by atoms with E-state index in [0.29, 0.717) is 12.4 Å². The average Bonchev–Trinajstić information content (AvgIpc) is 2.94. The van der Waals surface area contributed by atoms with Gasteiger partial charge in [-0.15, -0.1) is 11.6 Å². The van der Waals surface area contributed by atoms with Gasteiger partial charge in [0.05, 0.1) is 23.5 Å². The van der Waals surface area contributed by atoms with Gasteiger partial charge in [0.2, 0.25) is 0 Å². The fraction of sp³-hybridized carbons (Fsp3) is 0.286. The lowest BCUT2D eigenvalue weighted by molar-refractivity contribution is 0.389. The summed E-state index contributed by atoms with van der Waals surface area (Å²) in [7, 11) is 0. The zero-order chi connectivity index (χ0) is 13.4. The van der Waals surface area contributed by atoms with Crippen molar-refractivity contribution in [3.05, 3.63) is 47.1 Å². The summed E-state index contributed by atoms with van der Waals surface area (Å²) in [6, 6.07) is 8.12. The summed E-state index contributed by atoms with van der Waals surface area (Å²) in [5.74, 6) is 2.04. The molecule has 0 saturated heterocycles. The van der Waals surface area contributed by atoms with Crippen molar-refractivity contribution in [2.75, 3.05) is 0 Å². The van der Waals surface area contributed by atoms with E-state index in [1.807, 2.05) is 19.1 Å². The van der Waals surface area contributed by atoms with E-state index in [2.05, 4.69) is 33.8 Å². The van der Waals surface area contributed by atoms with Gasteiger partial charge in [0.25, 0.3) is 0 Å². The van der Waals surface area contributed by atoms with Crippen LogP contribution >= 0.6 is 11.6 Å². The molecule has 2 heterocycles. The molecule has 0 N–H and O–H groups in total. The maximum atomic E-state index is 5.99. The third-order valence-electron chi connectivity index (χ3n) is 3.10. The van der Waals surface area contributed by atoms with Crippen molar-refractivity contribution in [2.24, 2.45) is 0 Å². The van der Waals surface area contributed by atoms with Gasteiger partial charge in [-0.25, -0.2) is 4.98 Å². The van der Waals surface area contributed by atoms with E-state index < -0.39 is 0 Å². The Morgan fingerprint density at radius 2 is 2.11 bits per heavy atom. The van der Waals surface area contributed by atoms with Gasteiger partial charge >= 0.3 is 0 Å². The predicted molar refractivity (Wildman–Crippen MR) is 74.4 cm³/mol. The van der Waals surface area contributed by atoms with E-state index in [1.165, 1.54) is 5.56 Å². The maximum Gasteiger partial charge on any atom is 0.133 e. The lowest BCUT2D eigenvalue weighted by atomic mass is 10.2. The molecule has 0 spiro atoms. The molecule has 98 valence electrons. The van der Waals surface area contributed by atoms with Crippen molar-refractivity contribution in [3.8, 4) is 0 Å². The molecule has 19 heavy (non-hydrogen) atoms. The smallest absolute Gasteiger partial charge is 0.133 e. The minimum atomic E-state index is 0.380. The van der Waals surface area contributed by atoms with Crippen LogP contribution in [0.15, 0.2) is 28.8 Å². The number of alkyl halides is 1. The van der Waals surface area contributed by atoms with Crippen LogP contribution in [0.25, 0.3) is 11.0 Å². The lowest BCUT2D eigenvalue weighted by Crippen LogP contribution is -2.04. The fourth-order valence-corrected chi connectivity index (χ4v) is 2.42. The Morgan fingerprint density at radius 3 is 2.79 bits per heavy atom. The second-order valence-electron chi connectivity index (χ2n) is 4.67. The number of nitrogens with zero attached hydrogens (tertiary/aromatic N) is 3. The first-order valence-corrected chi connectivity index (χ1v) is 6.65. The predicted octanol–water partition coefficient (Wildman–Crippen LogP) is 3.43. The van der Waals surface area contributed by atoms with Gasteiger partial charge in [-0.05, 0) is 31.5 Å². The molecule has 0 atom stereocenters. The molecule has 4 nitrogen and oxygen atoms in total. The van der Waals surface area contributed by atoms with Crippen LogP contribution < -0.4 is 0 Å². The first kappa shape index (κ1) is 12.2. The van der Waals surface area contributed by atoms with E-state index in [-0.39, 0.29) is 0 Å². The highest BCUT2D eigenvalue weighted by molar-refractivity contribution is 6.16. The van der Waals surface area contributed by atoms with Gasteiger partial charge in [0.1, 0.15) is 17.3 Å². The van der Waals surface area contributed by atoms with E-state index in [9.17, 15) is 0 Å². The number of rotatable bonds is 3. The van der Waals surface area contributed by atoms with Crippen molar-refractivity contribution >= 4 is 22.6 Å². The summed E-state index contributed by atoms with van der Waals surface area (Å²) >= 11 is 5.99. The minimum absolute atomic E-state index is 0.380. The van der Waals surface area contributed by atoms with Crippen LogP contribution in [0.4, 0.5) is 0 Å². The van der Waals surface area contributed by atoms with Gasteiger partial charge in [0.15, 0.2) is 0 Å². The second kappa shape index (κ2) is 4.70. The molecule has 0 bridgehead atoms. The molecule has 0 aliphatic carbocycles. The highest BCUT2D eigenvalue weighted by Gasteiger charge is 2.12. The number of hydrogen-bond acceptors (Lipinski definition) is 3. The molecule has 0 saturated carbocycles. The molecule has 0 aliphatic heterocycles. The highest BCUT2D eigenvalue weighted by atomic mass is 35.5. The molecule has 2 aromatic heterocycles. The third kappa shape index (κ3) is 2.24. The van der Waals surface area contributed by atoms with Crippen molar-refractivity contribution in [1.82, 2.24) is 14.7 Å². The Labute approximate surface area is 116 Å². The number of fused-ring (bicyclic) bond motifs is 1. The van der Waals surface area contributed by atoms with Crippen LogP contribution in [-0.2, 0) is 12.4 Å². The first-order valence-electron chi connectivity index (χ1n) is 6.11. The first-order chi connectivity index (χ1) is 9.17.